The van der Waals surface area contributed by atoms with Crippen LogP contribution in [0, 0.1) is 18.3 Å². The number of phosphoric ester groups is 1. The molecule has 1 aliphatic rings. The zero-order valence-electron chi connectivity index (χ0n) is 17.9. The molecule has 1 aliphatic heterocycles. The lowest BCUT2D eigenvalue weighted by Crippen LogP contribution is -2.33. The molecule has 0 spiro atoms. The highest BCUT2D eigenvalue weighted by molar-refractivity contribution is 7.66. The Labute approximate surface area is 196 Å². The molecule has 1 aromatic rings. The van der Waals surface area contributed by atoms with Gasteiger partial charge in [-0.1, -0.05) is 0 Å². The Hall–Kier alpha value is -1.54. The van der Waals surface area contributed by atoms with Crippen LogP contribution in [0.5, 0.6) is 0 Å². The summed E-state index contributed by atoms with van der Waals surface area (Å²) in [4.78, 5) is 61.9. The summed E-state index contributed by atoms with van der Waals surface area (Å²) in [5.74, 6) is 0. The van der Waals surface area contributed by atoms with Crippen molar-refractivity contribution in [3.8, 4) is 6.07 Å². The van der Waals surface area contributed by atoms with Crippen molar-refractivity contribution in [2.24, 2.45) is 0 Å². The van der Waals surface area contributed by atoms with Crippen LogP contribution in [-0.2, 0) is 41.1 Å². The second-order valence-corrected chi connectivity index (χ2v) is 11.3. The molecule has 0 aromatic carbocycles. The Bertz CT molecular complexity index is 1190. The SMILES string of the molecule is Cc1cn([C@H]2C[C@H](OCOCCC#N)[C@@H](COP(=O)(O)OP(=O)(O)OP(=O)(O)O)O2)c(=O)[nH]c1=O. The standard InChI is InChI=1S/C14H22N3O15P3/c1-9-6-17(14(19)16-13(9)18)12-5-10(28-8-27-4-2-3-15)11(30-12)7-29-34(23,24)32-35(25,26)31-33(20,21)22/h6,10-12H,2,4-5,7-8H2,1H3,(H,23,24)(H,25,26)(H,16,18,19)(H2,20,21,22)/t10-,11+,12+/m0/s1. The lowest BCUT2D eigenvalue weighted by atomic mass is 10.2. The van der Waals surface area contributed by atoms with E-state index in [-0.39, 0.29) is 31.8 Å². The zero-order valence-corrected chi connectivity index (χ0v) is 20.5. The van der Waals surface area contributed by atoms with E-state index in [9.17, 15) is 33.1 Å². The predicted octanol–water partition coefficient (Wildman–Crippen LogP) is -0.251. The van der Waals surface area contributed by atoms with Crippen LogP contribution in [0.15, 0.2) is 15.8 Å². The Morgan fingerprint density at radius 2 is 1.89 bits per heavy atom. The normalized spacial score (nSPS) is 23.9. The molecule has 0 saturated carbocycles. The highest BCUT2D eigenvalue weighted by atomic mass is 31.3. The van der Waals surface area contributed by atoms with Crippen molar-refractivity contribution >= 4 is 23.5 Å². The molecule has 5 N–H and O–H groups in total. The van der Waals surface area contributed by atoms with Gasteiger partial charge in [-0.25, -0.2) is 18.5 Å². The van der Waals surface area contributed by atoms with Gasteiger partial charge in [0.1, 0.15) is 19.1 Å². The summed E-state index contributed by atoms with van der Waals surface area (Å²) in [7, 11) is -16.7. The molecule has 1 saturated heterocycles. The fourth-order valence-electron chi connectivity index (χ4n) is 2.78. The number of phosphoric acid groups is 3. The van der Waals surface area contributed by atoms with E-state index in [2.05, 4.69) is 18.1 Å². The van der Waals surface area contributed by atoms with E-state index in [0.29, 0.717) is 0 Å². The third-order valence-electron chi connectivity index (χ3n) is 4.18. The van der Waals surface area contributed by atoms with Gasteiger partial charge in [0.15, 0.2) is 0 Å². The molecule has 0 radical (unpaired) electrons. The quantitative estimate of drug-likeness (QED) is 0.117. The summed E-state index contributed by atoms with van der Waals surface area (Å²) in [5, 5.41) is 8.52. The van der Waals surface area contributed by atoms with Crippen LogP contribution in [0.1, 0.15) is 24.6 Å². The van der Waals surface area contributed by atoms with Gasteiger partial charge >= 0.3 is 29.2 Å². The van der Waals surface area contributed by atoms with Gasteiger partial charge in [-0.15, -0.1) is 0 Å². The number of nitrogens with zero attached hydrogens (tertiary/aromatic N) is 2. The fourth-order valence-corrected chi connectivity index (χ4v) is 5.81. The summed E-state index contributed by atoms with van der Waals surface area (Å²) in [5.41, 5.74) is -1.25. The van der Waals surface area contributed by atoms with Crippen LogP contribution in [0.3, 0.4) is 0 Å². The summed E-state index contributed by atoms with van der Waals surface area (Å²) >= 11 is 0. The minimum atomic E-state index is -5.72. The van der Waals surface area contributed by atoms with Gasteiger partial charge in [0.2, 0.25) is 0 Å². The lowest BCUT2D eigenvalue weighted by molar-refractivity contribution is -0.117. The first-order valence-corrected chi connectivity index (χ1v) is 14.0. The Morgan fingerprint density at radius 3 is 2.51 bits per heavy atom. The third kappa shape index (κ3) is 9.79. The number of aromatic amines is 1. The minimum absolute atomic E-state index is 0.0400. The van der Waals surface area contributed by atoms with E-state index in [1.165, 1.54) is 13.1 Å². The molecule has 35 heavy (non-hydrogen) atoms. The van der Waals surface area contributed by atoms with Gasteiger partial charge in [0, 0.05) is 18.2 Å². The first kappa shape index (κ1) is 29.7. The summed E-state index contributed by atoms with van der Waals surface area (Å²) < 4.78 is 63.3. The molecule has 198 valence electrons. The lowest BCUT2D eigenvalue weighted by Gasteiger charge is -2.21. The van der Waals surface area contributed by atoms with Gasteiger partial charge in [0.05, 0.1) is 31.8 Å². The maximum atomic E-state index is 12.2. The zero-order chi connectivity index (χ0) is 26.4. The number of nitrogens with one attached hydrogen (secondary N) is 1. The molecule has 0 bridgehead atoms. The first-order valence-electron chi connectivity index (χ1n) is 9.44. The van der Waals surface area contributed by atoms with Crippen LogP contribution < -0.4 is 11.2 Å². The Morgan fingerprint density at radius 1 is 1.20 bits per heavy atom. The van der Waals surface area contributed by atoms with Crippen molar-refractivity contribution in [2.45, 2.75) is 38.2 Å². The van der Waals surface area contributed by atoms with Gasteiger partial charge < -0.3 is 33.8 Å². The van der Waals surface area contributed by atoms with Crippen molar-refractivity contribution < 1.29 is 60.6 Å². The highest BCUT2D eigenvalue weighted by Gasteiger charge is 2.43. The monoisotopic (exact) mass is 565 g/mol. The minimum Gasteiger partial charge on any atom is -0.354 e. The van der Waals surface area contributed by atoms with E-state index in [1.807, 2.05) is 6.07 Å². The highest BCUT2D eigenvalue weighted by Crippen LogP contribution is 2.66. The van der Waals surface area contributed by atoms with Crippen molar-refractivity contribution in [2.75, 3.05) is 20.0 Å². The molecule has 18 nitrogen and oxygen atoms in total. The molecule has 0 aliphatic carbocycles. The topological polar surface area (TPSA) is 266 Å². The predicted molar refractivity (Wildman–Crippen MR) is 110 cm³/mol. The average molecular weight is 565 g/mol. The number of aryl methyl sites for hydroxylation is 1. The maximum Gasteiger partial charge on any atom is 0.490 e. The van der Waals surface area contributed by atoms with Gasteiger partial charge in [-0.3, -0.25) is 18.9 Å². The molecule has 2 heterocycles. The van der Waals surface area contributed by atoms with Crippen molar-refractivity contribution in [3.05, 3.63) is 32.6 Å². The van der Waals surface area contributed by atoms with Crippen LogP contribution >= 0.6 is 23.5 Å². The third-order valence-corrected chi connectivity index (χ3v) is 7.98. The number of hydrogen-bond acceptors (Lipinski definition) is 12. The molecule has 2 rings (SSSR count). The molecule has 0 amide bonds. The number of H-pyrrole nitrogens is 1. The van der Waals surface area contributed by atoms with E-state index in [0.717, 1.165) is 4.57 Å². The molecule has 21 heteroatoms. The number of rotatable bonds is 13. The molecular weight excluding hydrogens is 543 g/mol. The smallest absolute Gasteiger partial charge is 0.354 e. The molecular formula is C14H22N3O15P3. The average Bonchev–Trinajstić information content (AvgIpc) is 3.09. The molecule has 1 fully saturated rings. The van der Waals surface area contributed by atoms with E-state index in [4.69, 9.17) is 29.3 Å². The van der Waals surface area contributed by atoms with Gasteiger partial charge in [-0.2, -0.15) is 13.9 Å². The maximum absolute atomic E-state index is 12.2. The first-order chi connectivity index (χ1) is 16.1. The Balaban J connectivity index is 2.12. The van der Waals surface area contributed by atoms with Gasteiger partial charge in [-0.05, 0) is 6.92 Å². The van der Waals surface area contributed by atoms with Crippen LogP contribution in [0.4, 0.5) is 0 Å². The van der Waals surface area contributed by atoms with E-state index < -0.39 is 59.8 Å². The second-order valence-electron chi connectivity index (χ2n) is 6.87. The summed E-state index contributed by atoms with van der Waals surface area (Å²) in [6.45, 7) is 0.305. The molecule has 1 aromatic heterocycles. The summed E-state index contributed by atoms with van der Waals surface area (Å²) in [6.07, 6.45) is -1.95. The number of nitriles is 1. The van der Waals surface area contributed by atoms with Crippen molar-refractivity contribution in [1.82, 2.24) is 9.55 Å². The molecule has 5 atom stereocenters. The van der Waals surface area contributed by atoms with E-state index in [1.54, 1.807) is 0 Å². The van der Waals surface area contributed by atoms with Crippen molar-refractivity contribution in [1.29, 1.82) is 5.26 Å². The second kappa shape index (κ2) is 12.1. The summed E-state index contributed by atoms with van der Waals surface area (Å²) in [6, 6.07) is 1.85. The van der Waals surface area contributed by atoms with Gasteiger partial charge in [0.25, 0.3) is 5.56 Å². The number of aromatic nitrogens is 2. The van der Waals surface area contributed by atoms with Crippen LogP contribution in [0.2, 0.25) is 0 Å². The fraction of sp³-hybridized carbons (Fsp3) is 0.643. The van der Waals surface area contributed by atoms with Crippen molar-refractivity contribution in [3.63, 3.8) is 0 Å². The van der Waals surface area contributed by atoms with Crippen LogP contribution in [0.25, 0.3) is 0 Å². The Kier molecular flexibility index (Phi) is 10.3. The number of hydrogen-bond donors (Lipinski definition) is 5. The number of ether oxygens (including phenoxy) is 3. The van der Waals surface area contributed by atoms with Crippen LogP contribution in [-0.4, -0.2) is 61.3 Å². The van der Waals surface area contributed by atoms with E-state index >= 15 is 0 Å². The largest absolute Gasteiger partial charge is 0.490 e. The molecule has 2 unspecified atom stereocenters.